The van der Waals surface area contributed by atoms with Crippen molar-refractivity contribution >= 4 is 23.1 Å². The van der Waals surface area contributed by atoms with Crippen LogP contribution in [0.2, 0.25) is 5.15 Å². The molecule has 6 heteroatoms. The van der Waals surface area contributed by atoms with Crippen LogP contribution >= 0.6 is 11.6 Å². The van der Waals surface area contributed by atoms with Crippen LogP contribution in [-0.4, -0.2) is 41.0 Å². The fourth-order valence-corrected chi connectivity index (χ4v) is 2.97. The summed E-state index contributed by atoms with van der Waals surface area (Å²) < 4.78 is 0. The maximum atomic E-state index is 6.09. The minimum atomic E-state index is 0.381. The molecule has 1 aromatic rings. The van der Waals surface area contributed by atoms with Gasteiger partial charge in [-0.25, -0.2) is 9.97 Å². The lowest BCUT2D eigenvalue weighted by molar-refractivity contribution is 0.331. The third-order valence-corrected chi connectivity index (χ3v) is 4.54. The maximum absolute atomic E-state index is 6.09. The first-order chi connectivity index (χ1) is 10.2. The van der Waals surface area contributed by atoms with Crippen LogP contribution in [0, 0.1) is 0 Å². The van der Waals surface area contributed by atoms with Crippen molar-refractivity contribution in [2.45, 2.75) is 44.4 Å². The number of aromatic nitrogens is 2. The Kier molecular flexibility index (Phi) is 4.80. The van der Waals surface area contributed by atoms with Gasteiger partial charge in [-0.1, -0.05) is 11.6 Å². The molecule has 1 saturated heterocycles. The van der Waals surface area contributed by atoms with Gasteiger partial charge in [-0.3, -0.25) is 0 Å². The number of hydrogen-bond acceptors (Lipinski definition) is 5. The zero-order valence-corrected chi connectivity index (χ0v) is 13.2. The molecule has 1 aliphatic carbocycles. The number of likely N-dealkylation sites (tertiary alicyclic amines) is 1. The highest BCUT2D eigenvalue weighted by Gasteiger charge is 2.28. The number of nitrogens with one attached hydrogen (secondary N) is 1. The molecule has 3 rings (SSSR count). The SMILES string of the molecule is Nc1c(Cl)nc(C2CC2)nc1NCCCCN1CCCC1. The maximum Gasteiger partial charge on any atom is 0.157 e. The first kappa shape index (κ1) is 14.9. The second-order valence-corrected chi connectivity index (χ2v) is 6.45. The number of nitrogen functional groups attached to an aromatic ring is 1. The molecular formula is C15H24ClN5. The Morgan fingerprint density at radius 2 is 1.95 bits per heavy atom. The van der Waals surface area contributed by atoms with Gasteiger partial charge in [-0.2, -0.15) is 0 Å². The zero-order valence-electron chi connectivity index (χ0n) is 12.4. The summed E-state index contributed by atoms with van der Waals surface area (Å²) in [5, 5.41) is 3.70. The van der Waals surface area contributed by atoms with Gasteiger partial charge in [0.05, 0.1) is 0 Å². The van der Waals surface area contributed by atoms with Gasteiger partial charge in [-0.05, 0) is 58.2 Å². The Morgan fingerprint density at radius 1 is 1.19 bits per heavy atom. The second-order valence-electron chi connectivity index (χ2n) is 6.09. The highest BCUT2D eigenvalue weighted by atomic mass is 35.5. The normalized spacial score (nSPS) is 19.1. The van der Waals surface area contributed by atoms with E-state index in [0.29, 0.717) is 22.6 Å². The van der Waals surface area contributed by atoms with E-state index in [0.717, 1.165) is 31.6 Å². The molecule has 5 nitrogen and oxygen atoms in total. The lowest BCUT2D eigenvalue weighted by atomic mass is 10.3. The molecule has 3 N–H and O–H groups in total. The smallest absolute Gasteiger partial charge is 0.157 e. The van der Waals surface area contributed by atoms with Crippen LogP contribution in [0.4, 0.5) is 11.5 Å². The summed E-state index contributed by atoms with van der Waals surface area (Å²) in [6.07, 6.45) is 7.37. The average Bonchev–Trinajstić information content (AvgIpc) is 3.20. The fraction of sp³-hybridized carbons (Fsp3) is 0.733. The molecule has 21 heavy (non-hydrogen) atoms. The van der Waals surface area contributed by atoms with Crippen molar-refractivity contribution in [2.24, 2.45) is 0 Å². The summed E-state index contributed by atoms with van der Waals surface area (Å²) in [4.78, 5) is 11.3. The van der Waals surface area contributed by atoms with Crippen LogP contribution < -0.4 is 11.1 Å². The summed E-state index contributed by atoms with van der Waals surface area (Å²) in [5.41, 5.74) is 6.43. The summed E-state index contributed by atoms with van der Waals surface area (Å²) in [7, 11) is 0. The Morgan fingerprint density at radius 3 is 2.67 bits per heavy atom. The Labute approximate surface area is 131 Å². The minimum absolute atomic E-state index is 0.381. The molecule has 1 saturated carbocycles. The molecule has 1 aromatic heterocycles. The fourth-order valence-electron chi connectivity index (χ4n) is 2.79. The standard InChI is InChI=1S/C15H24ClN5/c16-13-12(17)15(20-14(19-13)11-5-6-11)18-7-1-2-8-21-9-3-4-10-21/h11H,1-10,17H2,(H,18,19,20). The van der Waals surface area contributed by atoms with E-state index in [9.17, 15) is 0 Å². The van der Waals surface area contributed by atoms with Crippen molar-refractivity contribution in [1.82, 2.24) is 14.9 Å². The number of halogens is 1. The van der Waals surface area contributed by atoms with E-state index < -0.39 is 0 Å². The third-order valence-electron chi connectivity index (χ3n) is 4.25. The Bertz CT molecular complexity index is 483. The van der Waals surface area contributed by atoms with E-state index >= 15 is 0 Å². The molecule has 0 radical (unpaired) electrons. The van der Waals surface area contributed by atoms with Gasteiger partial charge in [0.15, 0.2) is 11.0 Å². The van der Waals surface area contributed by atoms with E-state index in [2.05, 4.69) is 20.2 Å². The zero-order chi connectivity index (χ0) is 14.7. The molecule has 0 atom stereocenters. The van der Waals surface area contributed by atoms with E-state index in [1.54, 1.807) is 0 Å². The molecular weight excluding hydrogens is 286 g/mol. The van der Waals surface area contributed by atoms with Crippen LogP contribution in [0.1, 0.15) is 50.3 Å². The minimum Gasteiger partial charge on any atom is -0.393 e. The van der Waals surface area contributed by atoms with Gasteiger partial charge >= 0.3 is 0 Å². The van der Waals surface area contributed by atoms with Crippen molar-refractivity contribution in [3.63, 3.8) is 0 Å². The number of nitrogens with zero attached hydrogens (tertiary/aromatic N) is 3. The van der Waals surface area contributed by atoms with E-state index in [1.807, 2.05) is 0 Å². The number of anilines is 2. The molecule has 2 heterocycles. The Hall–Kier alpha value is -1.07. The van der Waals surface area contributed by atoms with Gasteiger partial charge in [0, 0.05) is 12.5 Å². The number of unbranched alkanes of at least 4 members (excludes halogenated alkanes) is 1. The summed E-state index contributed by atoms with van der Waals surface area (Å²) >= 11 is 6.09. The molecule has 2 fully saturated rings. The lowest BCUT2D eigenvalue weighted by Gasteiger charge is -2.14. The predicted octanol–water partition coefficient (Wildman–Crippen LogP) is 2.88. The predicted molar refractivity (Wildman–Crippen MR) is 86.8 cm³/mol. The van der Waals surface area contributed by atoms with Crippen molar-refractivity contribution in [3.8, 4) is 0 Å². The molecule has 0 amide bonds. The Balaban J connectivity index is 1.45. The molecule has 0 bridgehead atoms. The van der Waals surface area contributed by atoms with Gasteiger partial charge in [0.25, 0.3) is 0 Å². The second kappa shape index (κ2) is 6.79. The molecule has 1 aliphatic heterocycles. The van der Waals surface area contributed by atoms with Crippen LogP contribution in [0.3, 0.4) is 0 Å². The average molecular weight is 310 g/mol. The molecule has 0 aromatic carbocycles. The molecule has 0 spiro atoms. The summed E-state index contributed by atoms with van der Waals surface area (Å²) in [6, 6.07) is 0. The number of hydrogen-bond donors (Lipinski definition) is 2. The van der Waals surface area contributed by atoms with E-state index in [4.69, 9.17) is 17.3 Å². The van der Waals surface area contributed by atoms with E-state index in [-0.39, 0.29) is 0 Å². The summed E-state index contributed by atoms with van der Waals surface area (Å²) in [5.74, 6) is 2.03. The van der Waals surface area contributed by atoms with Crippen LogP contribution in [0.5, 0.6) is 0 Å². The third kappa shape index (κ3) is 3.98. The molecule has 0 unspecified atom stereocenters. The van der Waals surface area contributed by atoms with Gasteiger partial charge < -0.3 is 16.0 Å². The van der Waals surface area contributed by atoms with Crippen LogP contribution in [-0.2, 0) is 0 Å². The molecule has 2 aliphatic rings. The monoisotopic (exact) mass is 309 g/mol. The molecule has 116 valence electrons. The van der Waals surface area contributed by atoms with Gasteiger partial charge in [0.1, 0.15) is 11.5 Å². The first-order valence-electron chi connectivity index (χ1n) is 8.03. The topological polar surface area (TPSA) is 67.1 Å². The van der Waals surface area contributed by atoms with Crippen molar-refractivity contribution in [1.29, 1.82) is 0 Å². The summed E-state index contributed by atoms with van der Waals surface area (Å²) in [6.45, 7) is 4.63. The van der Waals surface area contributed by atoms with Crippen LogP contribution in [0.15, 0.2) is 0 Å². The van der Waals surface area contributed by atoms with Crippen molar-refractivity contribution in [3.05, 3.63) is 11.0 Å². The number of nitrogens with two attached hydrogens (primary N) is 1. The first-order valence-corrected chi connectivity index (χ1v) is 8.41. The van der Waals surface area contributed by atoms with Crippen molar-refractivity contribution in [2.75, 3.05) is 37.2 Å². The quantitative estimate of drug-likeness (QED) is 0.599. The number of rotatable bonds is 7. The lowest BCUT2D eigenvalue weighted by Crippen LogP contribution is -2.21. The highest BCUT2D eigenvalue weighted by Crippen LogP contribution is 2.40. The van der Waals surface area contributed by atoms with E-state index in [1.165, 1.54) is 38.9 Å². The largest absolute Gasteiger partial charge is 0.393 e. The van der Waals surface area contributed by atoms with Gasteiger partial charge in [-0.15, -0.1) is 0 Å². The van der Waals surface area contributed by atoms with Crippen LogP contribution in [0.25, 0.3) is 0 Å². The highest BCUT2D eigenvalue weighted by molar-refractivity contribution is 6.32. The van der Waals surface area contributed by atoms with Gasteiger partial charge in [0.2, 0.25) is 0 Å². The van der Waals surface area contributed by atoms with Crippen molar-refractivity contribution < 1.29 is 0 Å².